The summed E-state index contributed by atoms with van der Waals surface area (Å²) < 4.78 is 11.6. The molecule has 0 aromatic heterocycles. The number of hydrogen-bond donors (Lipinski definition) is 3. The van der Waals surface area contributed by atoms with E-state index in [9.17, 15) is 9.59 Å². The molecule has 1 aliphatic heterocycles. The fraction of sp³-hybridized carbons (Fsp3) is 0.257. The molecular formula is C35H37ClN4O4. The Morgan fingerprint density at radius 2 is 1.66 bits per heavy atom. The van der Waals surface area contributed by atoms with E-state index in [1.54, 1.807) is 38.1 Å². The van der Waals surface area contributed by atoms with Crippen molar-refractivity contribution in [1.29, 1.82) is 10.8 Å². The zero-order chi connectivity index (χ0) is 30.3. The van der Waals surface area contributed by atoms with E-state index >= 15 is 0 Å². The monoisotopic (exact) mass is 612 g/mol. The van der Waals surface area contributed by atoms with Crippen LogP contribution in [0.15, 0.2) is 91.0 Å². The maximum Gasteiger partial charge on any atom is 0.313 e. The highest BCUT2D eigenvalue weighted by atomic mass is 35.5. The zero-order valence-electron chi connectivity index (χ0n) is 24.8. The Bertz CT molecular complexity index is 1640. The molecule has 1 saturated heterocycles. The maximum atomic E-state index is 13.1. The van der Waals surface area contributed by atoms with Crippen molar-refractivity contribution in [3.63, 3.8) is 0 Å². The Morgan fingerprint density at radius 1 is 0.932 bits per heavy atom. The van der Waals surface area contributed by atoms with Crippen molar-refractivity contribution in [2.45, 2.75) is 38.7 Å². The number of amides is 1. The van der Waals surface area contributed by atoms with Gasteiger partial charge in [0.25, 0.3) is 5.91 Å². The van der Waals surface area contributed by atoms with E-state index in [-0.39, 0.29) is 36.2 Å². The first kappa shape index (κ1) is 32.2. The Hall–Kier alpha value is -4.69. The van der Waals surface area contributed by atoms with Crippen molar-refractivity contribution < 1.29 is 19.1 Å². The topological polar surface area (TPSA) is 116 Å². The van der Waals surface area contributed by atoms with Crippen LogP contribution in [0.1, 0.15) is 53.2 Å². The number of fused-ring (bicyclic) bond motifs is 1. The van der Waals surface area contributed by atoms with Gasteiger partial charge in [-0.3, -0.25) is 20.4 Å². The first-order valence-electron chi connectivity index (χ1n) is 14.5. The van der Waals surface area contributed by atoms with Crippen LogP contribution in [-0.2, 0) is 16.0 Å². The van der Waals surface area contributed by atoms with E-state index in [0.29, 0.717) is 36.5 Å². The standard InChI is InChI=1S/C35H36N4O4.ClH/c1-3-42-35(41)32(26-13-15-30(16-14-26)43-31-17-18-39(22-31)23(2)36)20-24-9-10-25-11-12-28(21-29(25)19-24)33(37)38-34(40)27-7-5-4-6-8-27;/h4-16,19,21,31-32,36H,3,17-18,20,22H2,1-2H3,(H2,37,38,40);1H/t31-,32-;/m0./s1. The molecule has 4 aromatic carbocycles. The van der Waals surface area contributed by atoms with Gasteiger partial charge >= 0.3 is 5.97 Å². The first-order chi connectivity index (χ1) is 20.8. The molecule has 0 radical (unpaired) electrons. The third-order valence-corrected chi connectivity index (χ3v) is 7.68. The Kier molecular flexibility index (Phi) is 10.7. The number of likely N-dealkylation sites (tertiary alicyclic amines) is 1. The summed E-state index contributed by atoms with van der Waals surface area (Å²) in [4.78, 5) is 27.6. The van der Waals surface area contributed by atoms with Gasteiger partial charge < -0.3 is 19.7 Å². The number of hydrogen-bond acceptors (Lipinski definition) is 6. The summed E-state index contributed by atoms with van der Waals surface area (Å²) in [6.07, 6.45) is 1.34. The minimum atomic E-state index is -0.499. The van der Waals surface area contributed by atoms with E-state index < -0.39 is 5.92 Å². The van der Waals surface area contributed by atoms with Crippen molar-refractivity contribution in [2.24, 2.45) is 0 Å². The fourth-order valence-corrected chi connectivity index (χ4v) is 5.34. The summed E-state index contributed by atoms with van der Waals surface area (Å²) in [6.45, 7) is 5.40. The molecule has 9 heteroatoms. The van der Waals surface area contributed by atoms with Gasteiger partial charge in [0.15, 0.2) is 0 Å². The fourth-order valence-electron chi connectivity index (χ4n) is 5.34. The predicted molar refractivity (Wildman–Crippen MR) is 175 cm³/mol. The van der Waals surface area contributed by atoms with Crippen LogP contribution in [0.25, 0.3) is 10.8 Å². The molecule has 1 fully saturated rings. The number of amidine groups is 2. The van der Waals surface area contributed by atoms with Gasteiger partial charge in [0, 0.05) is 24.1 Å². The van der Waals surface area contributed by atoms with Crippen LogP contribution >= 0.6 is 12.4 Å². The van der Waals surface area contributed by atoms with Gasteiger partial charge in [0.2, 0.25) is 0 Å². The average Bonchev–Trinajstić information content (AvgIpc) is 3.49. The van der Waals surface area contributed by atoms with Crippen LogP contribution < -0.4 is 10.1 Å². The van der Waals surface area contributed by atoms with E-state index in [0.717, 1.165) is 40.6 Å². The van der Waals surface area contributed by atoms with Crippen molar-refractivity contribution in [1.82, 2.24) is 10.2 Å². The lowest BCUT2D eigenvalue weighted by Gasteiger charge is -2.19. The molecule has 5 rings (SSSR count). The number of nitrogens with one attached hydrogen (secondary N) is 3. The molecule has 0 spiro atoms. The molecule has 0 saturated carbocycles. The van der Waals surface area contributed by atoms with Crippen LogP contribution in [0.3, 0.4) is 0 Å². The summed E-state index contributed by atoms with van der Waals surface area (Å²) in [6, 6.07) is 28.1. The normalized spacial score (nSPS) is 14.8. The molecule has 0 unspecified atom stereocenters. The minimum absolute atomic E-state index is 0. The van der Waals surface area contributed by atoms with Gasteiger partial charge in [-0.05, 0) is 72.5 Å². The third kappa shape index (κ3) is 7.82. The second-order valence-electron chi connectivity index (χ2n) is 10.7. The molecule has 2 atom stereocenters. The van der Waals surface area contributed by atoms with Crippen LogP contribution in [0, 0.1) is 10.8 Å². The van der Waals surface area contributed by atoms with Gasteiger partial charge in [0.1, 0.15) is 17.7 Å². The van der Waals surface area contributed by atoms with Crippen LogP contribution in [0.5, 0.6) is 5.75 Å². The molecule has 4 aromatic rings. The van der Waals surface area contributed by atoms with E-state index in [1.165, 1.54) is 0 Å². The van der Waals surface area contributed by atoms with Crippen molar-refractivity contribution >= 4 is 46.7 Å². The second-order valence-corrected chi connectivity index (χ2v) is 10.7. The van der Waals surface area contributed by atoms with Crippen LogP contribution in [0.2, 0.25) is 0 Å². The Labute approximate surface area is 263 Å². The first-order valence-corrected chi connectivity index (χ1v) is 14.5. The highest BCUT2D eigenvalue weighted by Crippen LogP contribution is 2.28. The van der Waals surface area contributed by atoms with Gasteiger partial charge in [-0.25, -0.2) is 0 Å². The van der Waals surface area contributed by atoms with E-state index in [2.05, 4.69) is 5.32 Å². The van der Waals surface area contributed by atoms with Crippen LogP contribution in [-0.4, -0.2) is 54.2 Å². The lowest BCUT2D eigenvalue weighted by molar-refractivity contribution is -0.144. The summed E-state index contributed by atoms with van der Waals surface area (Å²) in [5.41, 5.74) is 2.87. The zero-order valence-corrected chi connectivity index (χ0v) is 25.7. The second kappa shape index (κ2) is 14.7. The quantitative estimate of drug-likeness (QED) is 0.116. The smallest absolute Gasteiger partial charge is 0.313 e. The Balaban J connectivity index is 0.00000442. The molecule has 228 valence electrons. The molecule has 8 nitrogen and oxygen atoms in total. The molecule has 3 N–H and O–H groups in total. The minimum Gasteiger partial charge on any atom is -0.489 e. The molecule has 0 bridgehead atoms. The Morgan fingerprint density at radius 3 is 2.34 bits per heavy atom. The highest BCUT2D eigenvalue weighted by molar-refractivity contribution is 6.12. The molecule has 1 aliphatic rings. The summed E-state index contributed by atoms with van der Waals surface area (Å²) in [7, 11) is 0. The number of ether oxygens (including phenoxy) is 2. The molecule has 0 aliphatic carbocycles. The average molecular weight is 613 g/mol. The van der Waals surface area contributed by atoms with E-state index in [4.69, 9.17) is 20.3 Å². The maximum absolute atomic E-state index is 13.1. The number of benzene rings is 4. The molecule has 44 heavy (non-hydrogen) atoms. The van der Waals surface area contributed by atoms with Crippen molar-refractivity contribution in [3.05, 3.63) is 113 Å². The van der Waals surface area contributed by atoms with Gasteiger partial charge in [-0.1, -0.05) is 60.7 Å². The van der Waals surface area contributed by atoms with Gasteiger partial charge in [-0.2, -0.15) is 0 Å². The summed E-state index contributed by atoms with van der Waals surface area (Å²) in [5, 5.41) is 20.9. The molecule has 1 amide bonds. The molecule has 1 heterocycles. The highest BCUT2D eigenvalue weighted by Gasteiger charge is 2.26. The lowest BCUT2D eigenvalue weighted by atomic mass is 9.91. The number of carbonyl (C=O) groups excluding carboxylic acids is 2. The predicted octanol–water partition coefficient (Wildman–Crippen LogP) is 6.36. The summed E-state index contributed by atoms with van der Waals surface area (Å²) >= 11 is 0. The largest absolute Gasteiger partial charge is 0.489 e. The van der Waals surface area contributed by atoms with Gasteiger partial charge in [0.05, 0.1) is 24.9 Å². The molecular weight excluding hydrogens is 576 g/mol. The van der Waals surface area contributed by atoms with Gasteiger partial charge in [-0.15, -0.1) is 12.4 Å². The lowest BCUT2D eigenvalue weighted by Crippen LogP contribution is -2.30. The number of nitrogens with zero attached hydrogens (tertiary/aromatic N) is 1. The summed E-state index contributed by atoms with van der Waals surface area (Å²) in [5.74, 6) is 0.188. The van der Waals surface area contributed by atoms with E-state index in [1.807, 2.05) is 71.6 Å². The SMILES string of the molecule is CCOC(=O)[C@@H](Cc1ccc2ccc(C(=N)NC(=O)c3ccccc3)cc2c1)c1ccc(O[C@H]2CCN(C(C)=N)C2)cc1.Cl. The van der Waals surface area contributed by atoms with Crippen LogP contribution in [0.4, 0.5) is 0 Å². The number of esters is 1. The van der Waals surface area contributed by atoms with Crippen molar-refractivity contribution in [2.75, 3.05) is 19.7 Å². The van der Waals surface area contributed by atoms with Crippen molar-refractivity contribution in [3.8, 4) is 5.75 Å². The number of carbonyl (C=O) groups is 2. The number of halogens is 1. The number of rotatable bonds is 9. The third-order valence-electron chi connectivity index (χ3n) is 7.68.